The molecule has 18 heavy (non-hydrogen) atoms. The first kappa shape index (κ1) is 12.9. The molecule has 4 nitrogen and oxygen atoms in total. The first-order valence-electron chi connectivity index (χ1n) is 6.52. The van der Waals surface area contributed by atoms with Crippen LogP contribution in [0.2, 0.25) is 0 Å². The molecule has 2 rings (SSSR count). The Bertz CT molecular complexity index is 431. The monoisotopic (exact) mass is 247 g/mol. The highest BCUT2D eigenvalue weighted by Crippen LogP contribution is 2.31. The Balaban J connectivity index is 2.31. The SMILES string of the molecule is CC(C)NC(=O)N1CCCC(N)c2ccccc21. The fourth-order valence-electron chi connectivity index (χ4n) is 2.33. The minimum atomic E-state index is -0.0356. The number of nitrogens with one attached hydrogen (secondary N) is 1. The fraction of sp³-hybridized carbons (Fsp3) is 0.500. The number of rotatable bonds is 1. The lowest BCUT2D eigenvalue weighted by Crippen LogP contribution is -2.43. The van der Waals surface area contributed by atoms with Crippen molar-refractivity contribution in [3.63, 3.8) is 0 Å². The number of carbonyl (C=O) groups excluding carboxylic acids is 1. The maximum atomic E-state index is 12.2. The van der Waals surface area contributed by atoms with Crippen LogP contribution in [0.3, 0.4) is 0 Å². The van der Waals surface area contributed by atoms with Crippen molar-refractivity contribution in [3.05, 3.63) is 29.8 Å². The molecule has 1 aromatic carbocycles. The van der Waals surface area contributed by atoms with Gasteiger partial charge in [-0.15, -0.1) is 0 Å². The van der Waals surface area contributed by atoms with Crippen LogP contribution in [0.5, 0.6) is 0 Å². The minimum Gasteiger partial charge on any atom is -0.336 e. The van der Waals surface area contributed by atoms with Crippen LogP contribution < -0.4 is 16.0 Å². The van der Waals surface area contributed by atoms with Gasteiger partial charge in [0.05, 0.1) is 5.69 Å². The zero-order chi connectivity index (χ0) is 13.1. The molecule has 0 bridgehead atoms. The van der Waals surface area contributed by atoms with E-state index in [1.807, 2.05) is 43.0 Å². The Morgan fingerprint density at radius 2 is 2.17 bits per heavy atom. The lowest BCUT2D eigenvalue weighted by molar-refractivity contribution is 0.244. The first-order chi connectivity index (χ1) is 8.59. The molecule has 0 aromatic heterocycles. The van der Waals surface area contributed by atoms with Crippen LogP contribution in [0.1, 0.15) is 38.3 Å². The molecule has 1 unspecified atom stereocenters. The van der Waals surface area contributed by atoms with Crippen molar-refractivity contribution in [1.29, 1.82) is 0 Å². The van der Waals surface area contributed by atoms with Gasteiger partial charge in [-0.25, -0.2) is 4.79 Å². The maximum Gasteiger partial charge on any atom is 0.322 e. The molecule has 98 valence electrons. The summed E-state index contributed by atoms with van der Waals surface area (Å²) < 4.78 is 0. The van der Waals surface area contributed by atoms with Gasteiger partial charge in [0, 0.05) is 18.6 Å². The van der Waals surface area contributed by atoms with Crippen LogP contribution in [-0.4, -0.2) is 18.6 Å². The van der Waals surface area contributed by atoms with Gasteiger partial charge in [0.2, 0.25) is 0 Å². The zero-order valence-electron chi connectivity index (χ0n) is 11.0. The van der Waals surface area contributed by atoms with Gasteiger partial charge in [-0.1, -0.05) is 18.2 Å². The second kappa shape index (κ2) is 5.40. The Kier molecular flexibility index (Phi) is 3.87. The highest BCUT2D eigenvalue weighted by atomic mass is 16.2. The van der Waals surface area contributed by atoms with Crippen molar-refractivity contribution in [2.75, 3.05) is 11.4 Å². The summed E-state index contributed by atoms with van der Waals surface area (Å²) >= 11 is 0. The molecule has 0 radical (unpaired) electrons. The summed E-state index contributed by atoms with van der Waals surface area (Å²) in [5.74, 6) is 0. The lowest BCUT2D eigenvalue weighted by atomic mass is 10.0. The molecule has 3 N–H and O–H groups in total. The van der Waals surface area contributed by atoms with Crippen molar-refractivity contribution in [3.8, 4) is 0 Å². The van der Waals surface area contributed by atoms with Crippen molar-refractivity contribution in [1.82, 2.24) is 5.32 Å². The number of carbonyl (C=O) groups is 1. The maximum absolute atomic E-state index is 12.2. The van der Waals surface area contributed by atoms with E-state index in [1.165, 1.54) is 0 Å². The van der Waals surface area contributed by atoms with Gasteiger partial charge in [-0.05, 0) is 38.3 Å². The normalized spacial score (nSPS) is 19.3. The van der Waals surface area contributed by atoms with E-state index >= 15 is 0 Å². The molecule has 1 aliphatic rings. The predicted octanol–water partition coefficient (Wildman–Crippen LogP) is 2.40. The van der Waals surface area contributed by atoms with E-state index in [2.05, 4.69) is 5.32 Å². The molecule has 0 saturated carbocycles. The second-order valence-corrected chi connectivity index (χ2v) is 5.06. The number of fused-ring (bicyclic) bond motifs is 1. The van der Waals surface area contributed by atoms with Gasteiger partial charge < -0.3 is 11.1 Å². The number of anilines is 1. The quantitative estimate of drug-likeness (QED) is 0.800. The van der Waals surface area contributed by atoms with E-state index < -0.39 is 0 Å². The van der Waals surface area contributed by atoms with Gasteiger partial charge >= 0.3 is 6.03 Å². The minimum absolute atomic E-state index is 0.0260. The molecular weight excluding hydrogens is 226 g/mol. The smallest absolute Gasteiger partial charge is 0.322 e. The largest absolute Gasteiger partial charge is 0.336 e. The Morgan fingerprint density at radius 1 is 1.44 bits per heavy atom. The zero-order valence-corrected chi connectivity index (χ0v) is 11.0. The summed E-state index contributed by atoms with van der Waals surface area (Å²) in [4.78, 5) is 14.0. The summed E-state index contributed by atoms with van der Waals surface area (Å²) in [6, 6.07) is 8.04. The van der Waals surface area contributed by atoms with E-state index in [0.29, 0.717) is 0 Å². The molecule has 2 amide bonds. The first-order valence-corrected chi connectivity index (χ1v) is 6.52. The molecular formula is C14H21N3O. The molecule has 1 heterocycles. The number of hydrogen-bond acceptors (Lipinski definition) is 2. The summed E-state index contributed by atoms with van der Waals surface area (Å²) in [6.07, 6.45) is 1.85. The number of hydrogen-bond donors (Lipinski definition) is 2. The van der Waals surface area contributed by atoms with Crippen LogP contribution in [0, 0.1) is 0 Å². The van der Waals surface area contributed by atoms with Gasteiger partial charge in [-0.2, -0.15) is 0 Å². The Hall–Kier alpha value is -1.55. The van der Waals surface area contributed by atoms with Gasteiger partial charge in [-0.3, -0.25) is 4.90 Å². The summed E-state index contributed by atoms with van der Waals surface area (Å²) in [5.41, 5.74) is 8.16. The number of nitrogens with two attached hydrogens (primary N) is 1. The molecule has 4 heteroatoms. The van der Waals surface area contributed by atoms with E-state index in [9.17, 15) is 4.79 Å². The van der Waals surface area contributed by atoms with Crippen molar-refractivity contribution < 1.29 is 4.79 Å². The van der Waals surface area contributed by atoms with Crippen LogP contribution in [0.4, 0.5) is 10.5 Å². The standard InChI is InChI=1S/C14H21N3O/c1-10(2)16-14(18)17-9-5-7-12(15)11-6-3-4-8-13(11)17/h3-4,6,8,10,12H,5,7,9,15H2,1-2H3,(H,16,18). The van der Waals surface area contributed by atoms with Crippen molar-refractivity contribution in [2.45, 2.75) is 38.8 Å². The highest BCUT2D eigenvalue weighted by Gasteiger charge is 2.24. The van der Waals surface area contributed by atoms with Crippen LogP contribution in [-0.2, 0) is 0 Å². The van der Waals surface area contributed by atoms with Gasteiger partial charge in [0.15, 0.2) is 0 Å². The molecule has 0 saturated heterocycles. The molecule has 0 aliphatic carbocycles. The Morgan fingerprint density at radius 3 is 2.89 bits per heavy atom. The highest BCUT2D eigenvalue weighted by molar-refractivity contribution is 5.93. The van der Waals surface area contributed by atoms with Crippen molar-refractivity contribution in [2.24, 2.45) is 5.73 Å². The van der Waals surface area contributed by atoms with Gasteiger partial charge in [0.25, 0.3) is 0 Å². The van der Waals surface area contributed by atoms with E-state index in [1.54, 1.807) is 0 Å². The molecule has 0 spiro atoms. The van der Waals surface area contributed by atoms with E-state index in [0.717, 1.165) is 30.6 Å². The third kappa shape index (κ3) is 2.64. The fourth-order valence-corrected chi connectivity index (χ4v) is 2.33. The number of benzene rings is 1. The van der Waals surface area contributed by atoms with Crippen LogP contribution >= 0.6 is 0 Å². The third-order valence-electron chi connectivity index (χ3n) is 3.18. The Labute approximate surface area is 108 Å². The predicted molar refractivity (Wildman–Crippen MR) is 73.6 cm³/mol. The molecule has 0 fully saturated rings. The van der Waals surface area contributed by atoms with Crippen molar-refractivity contribution >= 4 is 11.7 Å². The van der Waals surface area contributed by atoms with Gasteiger partial charge in [0.1, 0.15) is 0 Å². The number of amides is 2. The lowest BCUT2D eigenvalue weighted by Gasteiger charge is -2.24. The molecule has 1 aliphatic heterocycles. The van der Waals surface area contributed by atoms with E-state index in [4.69, 9.17) is 5.73 Å². The molecule has 1 aromatic rings. The van der Waals surface area contributed by atoms with E-state index in [-0.39, 0.29) is 18.1 Å². The average molecular weight is 247 g/mol. The van der Waals surface area contributed by atoms with Crippen LogP contribution in [0.15, 0.2) is 24.3 Å². The summed E-state index contributed by atoms with van der Waals surface area (Å²) in [5, 5.41) is 2.94. The third-order valence-corrected chi connectivity index (χ3v) is 3.18. The molecule has 1 atom stereocenters. The number of urea groups is 1. The number of para-hydroxylation sites is 1. The topological polar surface area (TPSA) is 58.4 Å². The number of nitrogens with zero attached hydrogens (tertiary/aromatic N) is 1. The second-order valence-electron chi connectivity index (χ2n) is 5.06. The summed E-state index contributed by atoms with van der Waals surface area (Å²) in [6.45, 7) is 4.66. The summed E-state index contributed by atoms with van der Waals surface area (Å²) in [7, 11) is 0. The van der Waals surface area contributed by atoms with Crippen LogP contribution in [0.25, 0.3) is 0 Å². The average Bonchev–Trinajstić information content (AvgIpc) is 2.49.